The van der Waals surface area contributed by atoms with E-state index in [1.54, 1.807) is 36.4 Å². The molecule has 0 spiro atoms. The predicted octanol–water partition coefficient (Wildman–Crippen LogP) is 4.99. The molecule has 0 bridgehead atoms. The topological polar surface area (TPSA) is 75.9 Å². The number of nitrogens with two attached hydrogens (primary N) is 1. The van der Waals surface area contributed by atoms with Crippen LogP contribution in [0.5, 0.6) is 0 Å². The van der Waals surface area contributed by atoms with Gasteiger partial charge in [-0.1, -0.05) is 35.3 Å². The Morgan fingerprint density at radius 1 is 0.917 bits per heavy atom. The van der Waals surface area contributed by atoms with Crippen molar-refractivity contribution in [2.24, 2.45) is 0 Å². The molecule has 0 aliphatic carbocycles. The fraction of sp³-hybridized carbons (Fsp3) is 0. The monoisotopic (exact) mass is 363 g/mol. The van der Waals surface area contributed by atoms with Crippen LogP contribution in [0.1, 0.15) is 0 Å². The van der Waals surface area contributed by atoms with Crippen LogP contribution < -0.4 is 16.4 Å². The first-order chi connectivity index (χ1) is 11.5. The van der Waals surface area contributed by atoms with E-state index in [0.29, 0.717) is 21.6 Å². The molecule has 1 aromatic heterocycles. The quantitative estimate of drug-likeness (QED) is 0.608. The van der Waals surface area contributed by atoms with Crippen LogP contribution in [0.25, 0.3) is 0 Å². The Kier molecular flexibility index (Phi) is 4.69. The summed E-state index contributed by atoms with van der Waals surface area (Å²) in [6.07, 6.45) is 1.31. The predicted molar refractivity (Wildman–Crippen MR) is 95.9 cm³/mol. The zero-order valence-corrected chi connectivity index (χ0v) is 13.7. The van der Waals surface area contributed by atoms with Gasteiger partial charge in [-0.05, 0) is 30.3 Å². The van der Waals surface area contributed by atoms with Gasteiger partial charge >= 0.3 is 0 Å². The Bertz CT molecular complexity index is 888. The molecule has 0 radical (unpaired) electrons. The number of hydrogen-bond acceptors (Lipinski definition) is 5. The lowest BCUT2D eigenvalue weighted by Gasteiger charge is -2.13. The highest BCUT2D eigenvalue weighted by Gasteiger charge is 2.12. The number of anilines is 5. The number of hydrogen-bond donors (Lipinski definition) is 3. The molecule has 0 saturated carbocycles. The molecule has 122 valence electrons. The minimum Gasteiger partial charge on any atom is -0.393 e. The van der Waals surface area contributed by atoms with E-state index in [-0.39, 0.29) is 17.2 Å². The molecule has 0 unspecified atom stereocenters. The molecule has 0 aliphatic heterocycles. The van der Waals surface area contributed by atoms with Crippen molar-refractivity contribution in [1.82, 2.24) is 9.97 Å². The number of para-hydroxylation sites is 1. The average Bonchev–Trinajstić information content (AvgIpc) is 2.56. The molecule has 0 amide bonds. The third-order valence-electron chi connectivity index (χ3n) is 3.19. The van der Waals surface area contributed by atoms with E-state index in [1.807, 2.05) is 0 Å². The van der Waals surface area contributed by atoms with Crippen LogP contribution >= 0.6 is 23.2 Å². The highest BCUT2D eigenvalue weighted by atomic mass is 35.5. The van der Waals surface area contributed by atoms with Crippen LogP contribution in [0.15, 0.2) is 48.8 Å². The first-order valence-corrected chi connectivity index (χ1v) is 7.64. The van der Waals surface area contributed by atoms with Gasteiger partial charge in [0.05, 0.1) is 16.4 Å². The Labute approximate surface area is 147 Å². The zero-order chi connectivity index (χ0) is 17.1. The molecule has 0 fully saturated rings. The van der Waals surface area contributed by atoms with Crippen molar-refractivity contribution >= 4 is 51.9 Å². The second-order valence-corrected chi connectivity index (χ2v) is 5.68. The molecule has 3 rings (SSSR count). The molecule has 1 heterocycles. The average molecular weight is 364 g/mol. The second-order valence-electron chi connectivity index (χ2n) is 4.84. The molecule has 8 heteroatoms. The summed E-state index contributed by atoms with van der Waals surface area (Å²) in [6.45, 7) is 0. The second kappa shape index (κ2) is 6.90. The standard InChI is InChI=1S/C16H12Cl2FN5/c17-9-5-6-10(18)13(7-9)24-16-14(20)15(21-8-22-16)23-12-4-2-1-3-11(12)19/h1-8H,20H2,(H2,21,22,23,24). The Morgan fingerprint density at radius 2 is 1.58 bits per heavy atom. The lowest BCUT2D eigenvalue weighted by molar-refractivity contribution is 0.632. The lowest BCUT2D eigenvalue weighted by Crippen LogP contribution is -2.06. The Hall–Kier alpha value is -2.57. The van der Waals surface area contributed by atoms with Gasteiger partial charge in [0.25, 0.3) is 0 Å². The highest BCUT2D eigenvalue weighted by molar-refractivity contribution is 6.35. The molecule has 24 heavy (non-hydrogen) atoms. The number of benzene rings is 2. The summed E-state index contributed by atoms with van der Waals surface area (Å²) in [5, 5.41) is 6.81. The van der Waals surface area contributed by atoms with E-state index in [9.17, 15) is 4.39 Å². The van der Waals surface area contributed by atoms with E-state index in [4.69, 9.17) is 28.9 Å². The first kappa shape index (κ1) is 16.3. The van der Waals surface area contributed by atoms with E-state index >= 15 is 0 Å². The number of nitrogens with zero attached hydrogens (tertiary/aromatic N) is 2. The van der Waals surface area contributed by atoms with E-state index in [2.05, 4.69) is 20.6 Å². The third kappa shape index (κ3) is 3.50. The molecule has 0 aliphatic rings. The zero-order valence-electron chi connectivity index (χ0n) is 12.2. The maximum atomic E-state index is 13.8. The number of nitrogen functional groups attached to an aromatic ring is 1. The summed E-state index contributed by atoms with van der Waals surface area (Å²) in [7, 11) is 0. The van der Waals surface area contributed by atoms with Crippen molar-refractivity contribution in [3.05, 3.63) is 64.7 Å². The summed E-state index contributed by atoms with van der Waals surface area (Å²) in [6, 6.07) is 11.2. The summed E-state index contributed by atoms with van der Waals surface area (Å²) < 4.78 is 13.8. The molecule has 4 N–H and O–H groups in total. The number of aromatic nitrogens is 2. The smallest absolute Gasteiger partial charge is 0.159 e. The minimum atomic E-state index is -0.414. The van der Waals surface area contributed by atoms with Gasteiger partial charge in [0.2, 0.25) is 0 Å². The Balaban J connectivity index is 1.91. The molecular formula is C16H12Cl2FN5. The number of halogens is 3. The van der Waals surface area contributed by atoms with Gasteiger partial charge in [-0.15, -0.1) is 0 Å². The first-order valence-electron chi connectivity index (χ1n) is 6.88. The summed E-state index contributed by atoms with van der Waals surface area (Å²) in [5.41, 5.74) is 7.09. The molecule has 0 saturated heterocycles. The molecule has 5 nitrogen and oxygen atoms in total. The molecular weight excluding hydrogens is 352 g/mol. The van der Waals surface area contributed by atoms with Gasteiger partial charge in [-0.2, -0.15) is 0 Å². The van der Waals surface area contributed by atoms with Crippen molar-refractivity contribution in [2.75, 3.05) is 16.4 Å². The Morgan fingerprint density at radius 3 is 2.29 bits per heavy atom. The number of nitrogens with one attached hydrogen (secondary N) is 2. The van der Waals surface area contributed by atoms with Crippen LogP contribution in [0.4, 0.5) is 33.1 Å². The lowest BCUT2D eigenvalue weighted by atomic mass is 10.3. The van der Waals surface area contributed by atoms with Gasteiger partial charge < -0.3 is 16.4 Å². The summed E-state index contributed by atoms with van der Waals surface area (Å²) in [5.74, 6) is 0.187. The van der Waals surface area contributed by atoms with Gasteiger partial charge in [0, 0.05) is 5.02 Å². The third-order valence-corrected chi connectivity index (χ3v) is 3.76. The molecule has 0 atom stereocenters. The minimum absolute atomic E-state index is 0.219. The maximum Gasteiger partial charge on any atom is 0.159 e. The van der Waals surface area contributed by atoms with Gasteiger partial charge in [-0.25, -0.2) is 14.4 Å². The van der Waals surface area contributed by atoms with Gasteiger partial charge in [-0.3, -0.25) is 0 Å². The molecule has 2 aromatic carbocycles. The van der Waals surface area contributed by atoms with Crippen LogP contribution in [0.2, 0.25) is 10.0 Å². The van der Waals surface area contributed by atoms with Gasteiger partial charge in [0.1, 0.15) is 17.8 Å². The van der Waals surface area contributed by atoms with Crippen molar-refractivity contribution < 1.29 is 4.39 Å². The largest absolute Gasteiger partial charge is 0.393 e. The SMILES string of the molecule is Nc1c(Nc2ccccc2F)ncnc1Nc1cc(Cl)ccc1Cl. The van der Waals surface area contributed by atoms with Crippen molar-refractivity contribution in [3.63, 3.8) is 0 Å². The highest BCUT2D eigenvalue weighted by Crippen LogP contribution is 2.32. The van der Waals surface area contributed by atoms with Crippen LogP contribution in [0, 0.1) is 5.82 Å². The van der Waals surface area contributed by atoms with E-state index < -0.39 is 5.82 Å². The van der Waals surface area contributed by atoms with Crippen molar-refractivity contribution in [2.45, 2.75) is 0 Å². The fourth-order valence-electron chi connectivity index (χ4n) is 2.01. The van der Waals surface area contributed by atoms with E-state index in [0.717, 1.165) is 0 Å². The fourth-order valence-corrected chi connectivity index (χ4v) is 2.34. The molecule has 3 aromatic rings. The van der Waals surface area contributed by atoms with Crippen LogP contribution in [0.3, 0.4) is 0 Å². The normalized spacial score (nSPS) is 10.5. The van der Waals surface area contributed by atoms with Gasteiger partial charge in [0.15, 0.2) is 11.6 Å². The van der Waals surface area contributed by atoms with Crippen LogP contribution in [-0.2, 0) is 0 Å². The van der Waals surface area contributed by atoms with Crippen molar-refractivity contribution in [1.29, 1.82) is 0 Å². The van der Waals surface area contributed by atoms with E-state index in [1.165, 1.54) is 12.4 Å². The van der Waals surface area contributed by atoms with Crippen molar-refractivity contribution in [3.8, 4) is 0 Å². The van der Waals surface area contributed by atoms with Crippen LogP contribution in [-0.4, -0.2) is 9.97 Å². The summed E-state index contributed by atoms with van der Waals surface area (Å²) >= 11 is 12.1. The number of rotatable bonds is 4. The summed E-state index contributed by atoms with van der Waals surface area (Å²) in [4.78, 5) is 8.13. The maximum absolute atomic E-state index is 13.8.